The predicted octanol–water partition coefficient (Wildman–Crippen LogP) is 3.49. The van der Waals surface area contributed by atoms with Gasteiger partial charge in [0.05, 0.1) is 35.7 Å². The number of carboxylic acid groups (broad SMARTS) is 1. The molecule has 0 bridgehead atoms. The molecular formula is C32H44Cl2O10. The number of Topliss-reactive ketones (excluding diaryl/α,β-unsaturated/α-hetero) is 1. The average molecular weight is 660 g/mol. The van der Waals surface area contributed by atoms with Crippen LogP contribution in [-0.4, -0.2) is 90.4 Å². The Morgan fingerprint density at radius 3 is 2.27 bits per heavy atom. The van der Waals surface area contributed by atoms with Crippen molar-refractivity contribution in [3.63, 3.8) is 0 Å². The molecule has 10 nitrogen and oxygen atoms in total. The molecule has 0 amide bonds. The summed E-state index contributed by atoms with van der Waals surface area (Å²) in [5.74, 6) is -3.98. The molecular weight excluding hydrogens is 615 g/mol. The minimum Gasteiger partial charge on any atom is -0.481 e. The molecule has 0 heterocycles. The molecule has 0 aromatic heterocycles. The first kappa shape index (κ1) is 39.5. The number of ketones is 1. The number of carbonyl (C=O) groups excluding carboxylic acids is 2. The fourth-order valence-electron chi connectivity index (χ4n) is 4.23. The van der Waals surface area contributed by atoms with Crippen LogP contribution in [0.5, 0.6) is 0 Å². The van der Waals surface area contributed by atoms with E-state index >= 15 is 0 Å². The summed E-state index contributed by atoms with van der Waals surface area (Å²) in [5, 5.41) is 59.0. The van der Waals surface area contributed by atoms with Gasteiger partial charge in [0.25, 0.3) is 0 Å². The van der Waals surface area contributed by atoms with Gasteiger partial charge in [-0.3, -0.25) is 9.59 Å². The third-order valence-corrected chi connectivity index (χ3v) is 8.09. The minimum absolute atomic E-state index is 0.0667. The van der Waals surface area contributed by atoms with Crippen molar-refractivity contribution in [1.82, 2.24) is 0 Å². The fourth-order valence-corrected chi connectivity index (χ4v) is 4.61. The number of esters is 1. The maximum absolute atomic E-state index is 12.4. The number of halogens is 2. The van der Waals surface area contributed by atoms with Gasteiger partial charge >= 0.3 is 11.9 Å². The van der Waals surface area contributed by atoms with Crippen LogP contribution < -0.4 is 0 Å². The highest BCUT2D eigenvalue weighted by molar-refractivity contribution is 6.30. The zero-order chi connectivity index (χ0) is 33.4. The number of aliphatic hydroxyl groups is 5. The number of alkyl halides is 1. The second-order valence-corrected chi connectivity index (χ2v) is 11.6. The lowest BCUT2D eigenvalue weighted by atomic mass is 9.85. The SMILES string of the molecule is CC/C=C/C(O)C(Cl)C(O)CC(=O)C(O)C(O)C(C)/C(Cl)=C/C=C/C=C(C)/C=C/C=C/C(=O)O[C@H]1C[C@H](C(=O)O)CC[C@H]1O. The van der Waals surface area contributed by atoms with Crippen LogP contribution >= 0.6 is 23.2 Å². The summed E-state index contributed by atoms with van der Waals surface area (Å²) in [4.78, 5) is 35.6. The highest BCUT2D eigenvalue weighted by Gasteiger charge is 2.35. The lowest BCUT2D eigenvalue weighted by molar-refractivity contribution is -0.159. The number of aliphatic carboxylic acids is 1. The molecule has 1 aliphatic carbocycles. The molecule has 0 spiro atoms. The smallest absolute Gasteiger partial charge is 0.331 e. The molecule has 0 aromatic carbocycles. The molecule has 9 atom stereocenters. The number of rotatable bonds is 17. The van der Waals surface area contributed by atoms with Gasteiger partial charge in [0.1, 0.15) is 12.2 Å². The molecule has 1 aliphatic rings. The third kappa shape index (κ3) is 14.0. The van der Waals surface area contributed by atoms with Gasteiger partial charge in [-0.2, -0.15) is 0 Å². The Kier molecular flexibility index (Phi) is 18.3. The molecule has 0 radical (unpaired) electrons. The third-order valence-electron chi connectivity index (χ3n) is 7.08. The first-order valence-electron chi connectivity index (χ1n) is 14.4. The highest BCUT2D eigenvalue weighted by Crippen LogP contribution is 2.27. The summed E-state index contributed by atoms with van der Waals surface area (Å²) < 4.78 is 5.21. The second-order valence-electron chi connectivity index (χ2n) is 10.7. The lowest BCUT2D eigenvalue weighted by Gasteiger charge is -2.30. The van der Waals surface area contributed by atoms with Crippen molar-refractivity contribution in [1.29, 1.82) is 0 Å². The Balaban J connectivity index is 2.60. The van der Waals surface area contributed by atoms with Crippen LogP contribution in [0.15, 0.2) is 71.4 Å². The van der Waals surface area contributed by atoms with Gasteiger partial charge in [0, 0.05) is 29.9 Å². The molecule has 0 saturated heterocycles. The van der Waals surface area contributed by atoms with Crippen molar-refractivity contribution >= 4 is 40.9 Å². The van der Waals surface area contributed by atoms with E-state index in [2.05, 4.69) is 0 Å². The minimum atomic E-state index is -1.83. The molecule has 1 fully saturated rings. The Labute approximate surface area is 268 Å². The van der Waals surface area contributed by atoms with E-state index in [-0.39, 0.29) is 17.9 Å². The molecule has 1 saturated carbocycles. The summed E-state index contributed by atoms with van der Waals surface area (Å²) in [5.41, 5.74) is 0.802. The van der Waals surface area contributed by atoms with E-state index in [1.54, 1.807) is 43.4 Å². The Morgan fingerprint density at radius 1 is 1.00 bits per heavy atom. The predicted molar refractivity (Wildman–Crippen MR) is 168 cm³/mol. The Morgan fingerprint density at radius 2 is 1.64 bits per heavy atom. The van der Waals surface area contributed by atoms with Gasteiger partial charge in [0.15, 0.2) is 5.78 Å². The van der Waals surface area contributed by atoms with Crippen LogP contribution in [-0.2, 0) is 19.1 Å². The Hall–Kier alpha value is -2.57. The quantitative estimate of drug-likeness (QED) is 0.0445. The van der Waals surface area contributed by atoms with Gasteiger partial charge in [-0.25, -0.2) is 4.79 Å². The summed E-state index contributed by atoms with van der Waals surface area (Å²) >= 11 is 12.3. The van der Waals surface area contributed by atoms with Crippen molar-refractivity contribution in [2.75, 3.05) is 0 Å². The number of ether oxygens (including phenoxy) is 1. The van der Waals surface area contributed by atoms with E-state index < -0.39 is 78.0 Å². The van der Waals surface area contributed by atoms with Crippen molar-refractivity contribution in [2.24, 2.45) is 11.8 Å². The van der Waals surface area contributed by atoms with Gasteiger partial charge < -0.3 is 35.4 Å². The number of allylic oxidation sites excluding steroid dienone is 9. The molecule has 1 rings (SSSR count). The fraction of sp³-hybridized carbons (Fsp3) is 0.531. The van der Waals surface area contributed by atoms with Crippen LogP contribution in [0.1, 0.15) is 52.9 Å². The normalized spacial score (nSPS) is 24.5. The number of carboxylic acids is 1. The highest BCUT2D eigenvalue weighted by atomic mass is 35.5. The summed E-state index contributed by atoms with van der Waals surface area (Å²) in [6, 6.07) is 0. The van der Waals surface area contributed by atoms with Crippen molar-refractivity contribution in [3.05, 3.63) is 71.4 Å². The van der Waals surface area contributed by atoms with Crippen molar-refractivity contribution in [2.45, 2.75) is 94.9 Å². The summed E-state index contributed by atoms with van der Waals surface area (Å²) in [6.45, 7) is 5.18. The summed E-state index contributed by atoms with van der Waals surface area (Å²) in [6.07, 6.45) is 8.48. The maximum Gasteiger partial charge on any atom is 0.331 e. The molecule has 0 aliphatic heterocycles. The number of hydrogen-bond acceptors (Lipinski definition) is 9. The van der Waals surface area contributed by atoms with Gasteiger partial charge in [-0.15, -0.1) is 11.6 Å². The molecule has 12 heteroatoms. The van der Waals surface area contributed by atoms with Crippen molar-refractivity contribution < 1.29 is 49.8 Å². The molecule has 246 valence electrons. The first-order valence-corrected chi connectivity index (χ1v) is 15.2. The monoisotopic (exact) mass is 658 g/mol. The van der Waals surface area contributed by atoms with Crippen LogP contribution in [0.2, 0.25) is 0 Å². The number of aliphatic hydroxyl groups excluding tert-OH is 5. The number of carbonyl (C=O) groups is 3. The van der Waals surface area contributed by atoms with E-state index in [4.69, 9.17) is 33.0 Å². The number of hydrogen-bond donors (Lipinski definition) is 6. The van der Waals surface area contributed by atoms with Crippen LogP contribution in [0.3, 0.4) is 0 Å². The average Bonchev–Trinajstić information content (AvgIpc) is 2.99. The van der Waals surface area contributed by atoms with E-state index in [9.17, 15) is 39.9 Å². The van der Waals surface area contributed by atoms with Crippen LogP contribution in [0.4, 0.5) is 0 Å². The summed E-state index contributed by atoms with van der Waals surface area (Å²) in [7, 11) is 0. The van der Waals surface area contributed by atoms with Gasteiger partial charge in [-0.05, 0) is 32.3 Å². The maximum atomic E-state index is 12.4. The first-order chi connectivity index (χ1) is 20.7. The molecule has 0 aromatic rings. The van der Waals surface area contributed by atoms with Crippen LogP contribution in [0.25, 0.3) is 0 Å². The standard InChI is InChI=1S/C32H44Cl2O10/c1-4-5-13-24(36)29(34)25(37)18-26(38)31(41)30(40)20(3)22(33)12-8-6-10-19(2)11-7-9-14-28(39)44-27-17-21(32(42)43)15-16-23(27)35/h5-14,20-21,23-25,27,29-31,35-37,40-41H,4,15-18H2,1-3H3,(H,42,43)/b8-6+,11-7+,13-5+,14-9+,19-10+,22-12-/t20?,21-,23-,24?,25?,27+,29?,30?,31?/m1/s1. The molecule has 6 N–H and O–H groups in total. The molecule has 6 unspecified atom stereocenters. The largest absolute Gasteiger partial charge is 0.481 e. The van der Waals surface area contributed by atoms with Crippen molar-refractivity contribution in [3.8, 4) is 0 Å². The van der Waals surface area contributed by atoms with E-state index in [0.29, 0.717) is 12.8 Å². The zero-order valence-electron chi connectivity index (χ0n) is 25.1. The van der Waals surface area contributed by atoms with E-state index in [1.807, 2.05) is 6.92 Å². The second kappa shape index (κ2) is 20.5. The Bertz CT molecular complexity index is 1130. The van der Waals surface area contributed by atoms with E-state index in [0.717, 1.165) is 5.57 Å². The van der Waals surface area contributed by atoms with Gasteiger partial charge in [-0.1, -0.05) is 79.6 Å². The zero-order valence-corrected chi connectivity index (χ0v) is 26.6. The van der Waals surface area contributed by atoms with Crippen LogP contribution in [0, 0.1) is 11.8 Å². The lowest BCUT2D eigenvalue weighted by Crippen LogP contribution is -2.42. The van der Waals surface area contributed by atoms with Gasteiger partial charge in [0.2, 0.25) is 0 Å². The van der Waals surface area contributed by atoms with E-state index in [1.165, 1.54) is 31.2 Å². The topological polar surface area (TPSA) is 182 Å². The molecule has 44 heavy (non-hydrogen) atoms.